The Morgan fingerprint density at radius 3 is 2.67 bits per heavy atom. The summed E-state index contributed by atoms with van der Waals surface area (Å²) in [6, 6.07) is 0.249. The van der Waals surface area contributed by atoms with Gasteiger partial charge < -0.3 is 20.6 Å². The molecule has 24 heavy (non-hydrogen) atoms. The second-order valence-electron chi connectivity index (χ2n) is 6.90. The highest BCUT2D eigenvalue weighted by atomic mass is 16.2. The molecule has 2 aliphatic rings. The first kappa shape index (κ1) is 16.8. The Balaban J connectivity index is 1.45. The molecule has 132 valence electrons. The first-order valence-corrected chi connectivity index (χ1v) is 8.55. The number of likely N-dealkylation sites (tertiary alicyclic amines) is 1. The van der Waals surface area contributed by atoms with Crippen LogP contribution in [0.25, 0.3) is 0 Å². The third-order valence-electron chi connectivity index (χ3n) is 4.86. The Kier molecular flexibility index (Phi) is 4.75. The minimum absolute atomic E-state index is 0.0997. The first-order chi connectivity index (χ1) is 11.4. The average Bonchev–Trinajstić information content (AvgIpc) is 3.11. The third kappa shape index (κ3) is 3.87. The highest BCUT2D eigenvalue weighted by Crippen LogP contribution is 2.21. The molecule has 1 aliphatic heterocycles. The topological polar surface area (TPSA) is 110 Å². The van der Waals surface area contributed by atoms with Crippen LogP contribution in [0, 0.1) is 12.8 Å². The first-order valence-electron chi connectivity index (χ1n) is 8.55. The van der Waals surface area contributed by atoms with Gasteiger partial charge >= 0.3 is 5.69 Å². The number of nitrogens with one attached hydrogen (secondary N) is 4. The Hall–Kier alpha value is -2.09. The predicted molar refractivity (Wildman–Crippen MR) is 88.8 cm³/mol. The van der Waals surface area contributed by atoms with E-state index in [9.17, 15) is 14.4 Å². The van der Waals surface area contributed by atoms with E-state index in [4.69, 9.17) is 0 Å². The Morgan fingerprint density at radius 1 is 1.29 bits per heavy atom. The summed E-state index contributed by atoms with van der Waals surface area (Å²) in [5.74, 6) is 0.141. The van der Waals surface area contributed by atoms with E-state index in [0.29, 0.717) is 24.2 Å². The number of rotatable bonds is 6. The lowest BCUT2D eigenvalue weighted by molar-refractivity contribution is -0.125. The molecule has 4 N–H and O–H groups in total. The van der Waals surface area contributed by atoms with Crippen molar-refractivity contribution in [3.8, 4) is 0 Å². The minimum atomic E-state index is -0.375. The summed E-state index contributed by atoms with van der Waals surface area (Å²) in [4.78, 5) is 42.6. The zero-order valence-corrected chi connectivity index (χ0v) is 14.1. The quantitative estimate of drug-likeness (QED) is 0.573. The molecule has 1 aliphatic carbocycles. The van der Waals surface area contributed by atoms with E-state index in [1.54, 1.807) is 6.92 Å². The van der Waals surface area contributed by atoms with Crippen molar-refractivity contribution in [2.75, 3.05) is 19.6 Å². The molecule has 2 unspecified atom stereocenters. The van der Waals surface area contributed by atoms with Crippen LogP contribution in [-0.4, -0.2) is 58.4 Å². The minimum Gasteiger partial charge on any atom is -0.352 e. The van der Waals surface area contributed by atoms with Crippen LogP contribution >= 0.6 is 0 Å². The van der Waals surface area contributed by atoms with Gasteiger partial charge in [0.2, 0.25) is 5.91 Å². The van der Waals surface area contributed by atoms with Crippen LogP contribution in [0.3, 0.4) is 0 Å². The van der Waals surface area contributed by atoms with Crippen molar-refractivity contribution >= 4 is 11.8 Å². The number of carbonyl (C=O) groups excluding carboxylic acids is 2. The van der Waals surface area contributed by atoms with Gasteiger partial charge in [0.05, 0.1) is 6.04 Å². The summed E-state index contributed by atoms with van der Waals surface area (Å²) in [6.45, 7) is 5.82. The van der Waals surface area contributed by atoms with E-state index in [1.807, 2.05) is 6.92 Å². The fraction of sp³-hybridized carbons (Fsp3) is 0.688. The van der Waals surface area contributed by atoms with Crippen LogP contribution in [-0.2, 0) is 4.79 Å². The molecule has 2 atom stereocenters. The molecule has 1 saturated heterocycles. The van der Waals surface area contributed by atoms with Crippen LogP contribution in [0.15, 0.2) is 4.79 Å². The molecule has 0 aromatic carbocycles. The van der Waals surface area contributed by atoms with Crippen LogP contribution in [0.4, 0.5) is 0 Å². The highest BCUT2D eigenvalue weighted by molar-refractivity contribution is 5.93. The molecule has 8 nitrogen and oxygen atoms in total. The molecular formula is C16H25N5O3. The summed E-state index contributed by atoms with van der Waals surface area (Å²) in [7, 11) is 0. The molecule has 1 aromatic heterocycles. The third-order valence-corrected chi connectivity index (χ3v) is 4.86. The van der Waals surface area contributed by atoms with Crippen molar-refractivity contribution < 1.29 is 9.59 Å². The van der Waals surface area contributed by atoms with Crippen molar-refractivity contribution in [2.24, 2.45) is 5.92 Å². The lowest BCUT2D eigenvalue weighted by atomic mass is 10.1. The van der Waals surface area contributed by atoms with Crippen molar-refractivity contribution in [3.05, 3.63) is 21.9 Å². The smallest absolute Gasteiger partial charge is 0.323 e. The van der Waals surface area contributed by atoms with Crippen molar-refractivity contribution in [1.82, 2.24) is 25.5 Å². The summed E-state index contributed by atoms with van der Waals surface area (Å²) >= 11 is 0. The van der Waals surface area contributed by atoms with E-state index >= 15 is 0 Å². The Morgan fingerprint density at radius 2 is 2.04 bits per heavy atom. The number of hydrogen-bond donors (Lipinski definition) is 4. The number of hydrogen-bond acceptors (Lipinski definition) is 4. The van der Waals surface area contributed by atoms with E-state index < -0.39 is 0 Å². The summed E-state index contributed by atoms with van der Waals surface area (Å²) in [6.07, 6.45) is 3.13. The maximum absolute atomic E-state index is 12.1. The SMILES string of the molecule is Cc1[nH]c(=O)[nH]c1C(=O)NCC1CCN(C(C)C(=O)NC2CC2)C1. The van der Waals surface area contributed by atoms with E-state index in [0.717, 1.165) is 32.4 Å². The van der Waals surface area contributed by atoms with Gasteiger partial charge in [0.15, 0.2) is 0 Å². The summed E-state index contributed by atoms with van der Waals surface area (Å²) < 4.78 is 0. The number of aromatic nitrogens is 2. The van der Waals surface area contributed by atoms with Gasteiger partial charge in [0.25, 0.3) is 5.91 Å². The lowest BCUT2D eigenvalue weighted by Crippen LogP contribution is -2.45. The van der Waals surface area contributed by atoms with Crippen LogP contribution < -0.4 is 16.3 Å². The predicted octanol–water partition coefficient (Wildman–Crippen LogP) is -0.270. The number of aromatic amines is 2. The summed E-state index contributed by atoms with van der Waals surface area (Å²) in [5.41, 5.74) is 0.447. The number of imidazole rings is 1. The van der Waals surface area contributed by atoms with Crippen molar-refractivity contribution in [1.29, 1.82) is 0 Å². The fourth-order valence-electron chi connectivity index (χ4n) is 3.12. The standard InChI is InChI=1S/C16H25N5O3/c1-9-13(20-16(24)18-9)15(23)17-7-11-5-6-21(8-11)10(2)14(22)19-12-3-4-12/h10-12H,3-8H2,1-2H3,(H,17,23)(H,19,22)(H2,18,20,24). The maximum Gasteiger partial charge on any atom is 0.323 e. The van der Waals surface area contributed by atoms with Crippen molar-refractivity contribution in [2.45, 2.75) is 45.2 Å². The molecule has 1 aromatic rings. The largest absolute Gasteiger partial charge is 0.352 e. The zero-order chi connectivity index (χ0) is 17.3. The van der Waals surface area contributed by atoms with Gasteiger partial charge in [-0.3, -0.25) is 14.5 Å². The molecule has 2 amide bonds. The van der Waals surface area contributed by atoms with Gasteiger partial charge in [-0.15, -0.1) is 0 Å². The average molecular weight is 335 g/mol. The zero-order valence-electron chi connectivity index (χ0n) is 14.1. The van der Waals surface area contributed by atoms with E-state index in [-0.39, 0.29) is 29.2 Å². The second kappa shape index (κ2) is 6.80. The van der Waals surface area contributed by atoms with Gasteiger partial charge in [-0.2, -0.15) is 0 Å². The molecule has 3 rings (SSSR count). The number of nitrogens with zero attached hydrogens (tertiary/aromatic N) is 1. The molecule has 8 heteroatoms. The number of amides is 2. The van der Waals surface area contributed by atoms with E-state index in [2.05, 4.69) is 25.5 Å². The lowest BCUT2D eigenvalue weighted by Gasteiger charge is -2.23. The van der Waals surface area contributed by atoms with Crippen LogP contribution in [0.5, 0.6) is 0 Å². The maximum atomic E-state index is 12.1. The molecule has 2 fully saturated rings. The van der Waals surface area contributed by atoms with Gasteiger partial charge in [-0.25, -0.2) is 4.79 Å². The number of carbonyl (C=O) groups is 2. The second-order valence-corrected chi connectivity index (χ2v) is 6.90. The highest BCUT2D eigenvalue weighted by Gasteiger charge is 2.32. The Labute approximate surface area is 140 Å². The van der Waals surface area contributed by atoms with Crippen LogP contribution in [0.1, 0.15) is 42.4 Å². The number of aryl methyl sites for hydroxylation is 1. The Bertz CT molecular complexity index is 675. The fourth-order valence-corrected chi connectivity index (χ4v) is 3.12. The van der Waals surface area contributed by atoms with Gasteiger partial charge in [0, 0.05) is 24.8 Å². The van der Waals surface area contributed by atoms with Gasteiger partial charge in [-0.1, -0.05) is 0 Å². The molecule has 0 bridgehead atoms. The van der Waals surface area contributed by atoms with Gasteiger partial charge in [-0.05, 0) is 45.6 Å². The monoisotopic (exact) mass is 335 g/mol. The van der Waals surface area contributed by atoms with E-state index in [1.165, 1.54) is 0 Å². The molecule has 1 saturated carbocycles. The number of H-pyrrole nitrogens is 2. The van der Waals surface area contributed by atoms with Crippen molar-refractivity contribution in [3.63, 3.8) is 0 Å². The molecule has 0 spiro atoms. The summed E-state index contributed by atoms with van der Waals surface area (Å²) in [5, 5.41) is 5.91. The van der Waals surface area contributed by atoms with Gasteiger partial charge in [0.1, 0.15) is 5.69 Å². The van der Waals surface area contributed by atoms with Crippen LogP contribution in [0.2, 0.25) is 0 Å². The molecule has 2 heterocycles. The molecule has 0 radical (unpaired) electrons. The molecular weight excluding hydrogens is 310 g/mol. The normalized spacial score (nSPS) is 22.3.